The van der Waals surface area contributed by atoms with Crippen molar-refractivity contribution in [1.29, 1.82) is 0 Å². The molecule has 0 saturated carbocycles. The van der Waals surface area contributed by atoms with Gasteiger partial charge in [0.1, 0.15) is 5.02 Å². The number of aromatic nitrogens is 2. The van der Waals surface area contributed by atoms with E-state index in [9.17, 15) is 18.5 Å². The van der Waals surface area contributed by atoms with Crippen molar-refractivity contribution in [2.75, 3.05) is 5.43 Å². The van der Waals surface area contributed by atoms with Gasteiger partial charge in [-0.1, -0.05) is 11.6 Å². The van der Waals surface area contributed by atoms with Crippen molar-refractivity contribution in [2.45, 2.75) is 18.7 Å². The average molecular weight is 358 g/mol. The number of nitrogens with one attached hydrogen (secondary N) is 2. The van der Waals surface area contributed by atoms with Crippen LogP contribution in [0.5, 0.6) is 0 Å². The lowest BCUT2D eigenvalue weighted by Crippen LogP contribution is -2.30. The Hall–Kier alpha value is -2.30. The highest BCUT2D eigenvalue weighted by Crippen LogP contribution is 2.26. The molecule has 0 radical (unpaired) electrons. The summed E-state index contributed by atoms with van der Waals surface area (Å²) in [6.07, 6.45) is 0. The molecule has 122 valence electrons. The molecule has 0 fully saturated rings. The molecule has 2 aromatic rings. The number of hydrazine groups is 1. The molecule has 0 unspecified atom stereocenters. The van der Waals surface area contributed by atoms with Crippen LogP contribution in [-0.2, 0) is 10.0 Å². The van der Waals surface area contributed by atoms with E-state index < -0.39 is 20.6 Å². The number of sulfonamides is 1. The van der Waals surface area contributed by atoms with Crippen LogP contribution in [0.1, 0.15) is 11.4 Å². The lowest BCUT2D eigenvalue weighted by molar-refractivity contribution is -0.384. The molecule has 2 rings (SSSR count). The molecule has 0 spiro atoms. The summed E-state index contributed by atoms with van der Waals surface area (Å²) in [6.45, 7) is 3.47. The summed E-state index contributed by atoms with van der Waals surface area (Å²) in [7, 11) is -4.06. The third-order valence-corrected chi connectivity index (χ3v) is 4.27. The average Bonchev–Trinajstić information content (AvgIpc) is 2.44. The fraction of sp³-hybridized carbons (Fsp3) is 0.167. The summed E-state index contributed by atoms with van der Waals surface area (Å²) in [4.78, 5) is 19.8. The Labute approximate surface area is 136 Å². The van der Waals surface area contributed by atoms with Gasteiger partial charge < -0.3 is 0 Å². The smallest absolute Gasteiger partial charge is 0.276 e. The second kappa shape index (κ2) is 6.44. The first-order chi connectivity index (χ1) is 10.7. The Morgan fingerprint density at radius 2 is 1.78 bits per heavy atom. The molecule has 0 saturated heterocycles. The Morgan fingerprint density at radius 3 is 2.35 bits per heavy atom. The molecule has 0 atom stereocenters. The van der Waals surface area contributed by atoms with Crippen LogP contribution in [0, 0.1) is 24.0 Å². The minimum absolute atomic E-state index is 0.0644. The van der Waals surface area contributed by atoms with Gasteiger partial charge in [-0.15, -0.1) is 4.83 Å². The van der Waals surface area contributed by atoms with E-state index in [0.29, 0.717) is 11.4 Å². The molecule has 0 bridgehead atoms. The molecule has 1 aromatic carbocycles. The lowest BCUT2D eigenvalue weighted by atomic mass is 10.3. The van der Waals surface area contributed by atoms with Gasteiger partial charge >= 0.3 is 0 Å². The lowest BCUT2D eigenvalue weighted by Gasteiger charge is -2.09. The molecular weight excluding hydrogens is 346 g/mol. The SMILES string of the molecule is Cc1cc(C)nc(NNS(=O)(=O)c2ccc(Cl)c([N+](=O)[O-])c2)n1. The third-order valence-electron chi connectivity index (χ3n) is 2.70. The second-order valence-corrected chi connectivity index (χ2v) is 6.66. The van der Waals surface area contributed by atoms with E-state index in [2.05, 4.69) is 20.2 Å². The summed E-state index contributed by atoms with van der Waals surface area (Å²) in [6, 6.07) is 4.89. The van der Waals surface area contributed by atoms with Crippen LogP contribution in [0.2, 0.25) is 5.02 Å². The first-order valence-corrected chi connectivity index (χ1v) is 8.09. The highest BCUT2D eigenvalue weighted by atomic mass is 35.5. The molecule has 0 aliphatic rings. The first kappa shape index (κ1) is 17.1. The number of nitro groups is 1. The van der Waals surface area contributed by atoms with Crippen LogP contribution in [0.4, 0.5) is 11.6 Å². The van der Waals surface area contributed by atoms with E-state index in [-0.39, 0.29) is 15.9 Å². The van der Waals surface area contributed by atoms with E-state index in [1.165, 1.54) is 0 Å². The van der Waals surface area contributed by atoms with Crippen molar-refractivity contribution in [3.63, 3.8) is 0 Å². The molecule has 9 nitrogen and oxygen atoms in total. The number of rotatable bonds is 5. The number of nitrogens with zero attached hydrogens (tertiary/aromatic N) is 3. The predicted octanol–water partition coefficient (Wildman–Crippen LogP) is 1.96. The van der Waals surface area contributed by atoms with Gasteiger partial charge in [0.05, 0.1) is 9.82 Å². The zero-order valence-electron chi connectivity index (χ0n) is 12.1. The summed E-state index contributed by atoms with van der Waals surface area (Å²) < 4.78 is 24.3. The Kier molecular flexibility index (Phi) is 4.78. The van der Waals surface area contributed by atoms with E-state index in [1.54, 1.807) is 19.9 Å². The quantitative estimate of drug-likeness (QED) is 0.618. The van der Waals surface area contributed by atoms with Crippen molar-refractivity contribution in [3.05, 3.63) is 50.8 Å². The fourth-order valence-electron chi connectivity index (χ4n) is 1.75. The summed E-state index contributed by atoms with van der Waals surface area (Å²) in [5, 5.41) is 10.7. The first-order valence-electron chi connectivity index (χ1n) is 6.23. The van der Waals surface area contributed by atoms with Gasteiger partial charge in [-0.2, -0.15) is 0 Å². The normalized spacial score (nSPS) is 11.3. The van der Waals surface area contributed by atoms with Gasteiger partial charge in [0.15, 0.2) is 0 Å². The third kappa shape index (κ3) is 4.12. The fourth-order valence-corrected chi connectivity index (χ4v) is 2.80. The minimum Gasteiger partial charge on any atom is -0.276 e. The van der Waals surface area contributed by atoms with Gasteiger partial charge in [-0.25, -0.2) is 18.4 Å². The van der Waals surface area contributed by atoms with Crippen LogP contribution in [0.25, 0.3) is 0 Å². The van der Waals surface area contributed by atoms with Crippen molar-refractivity contribution in [2.24, 2.45) is 0 Å². The summed E-state index contributed by atoms with van der Waals surface area (Å²) in [5.41, 5.74) is 3.17. The largest absolute Gasteiger partial charge is 0.289 e. The van der Waals surface area contributed by atoms with Crippen molar-refractivity contribution < 1.29 is 13.3 Å². The monoisotopic (exact) mass is 357 g/mol. The maximum absolute atomic E-state index is 12.2. The topological polar surface area (TPSA) is 127 Å². The molecule has 23 heavy (non-hydrogen) atoms. The van der Waals surface area contributed by atoms with Crippen molar-refractivity contribution in [3.8, 4) is 0 Å². The molecule has 11 heteroatoms. The number of hydrogen-bond donors (Lipinski definition) is 2. The van der Waals surface area contributed by atoms with Crippen LogP contribution in [0.15, 0.2) is 29.2 Å². The Balaban J connectivity index is 2.25. The van der Waals surface area contributed by atoms with Crippen LogP contribution in [-0.4, -0.2) is 23.3 Å². The summed E-state index contributed by atoms with van der Waals surface area (Å²) >= 11 is 5.66. The molecule has 0 amide bonds. The van der Waals surface area contributed by atoms with Gasteiger partial charge in [-0.05, 0) is 32.0 Å². The van der Waals surface area contributed by atoms with E-state index in [4.69, 9.17) is 11.6 Å². The van der Waals surface area contributed by atoms with E-state index >= 15 is 0 Å². The standard InChI is InChI=1S/C12H12ClN5O4S/c1-7-5-8(2)15-12(14-7)16-17-23(21,22)9-3-4-10(13)11(6-9)18(19)20/h3-6,17H,1-2H3,(H,14,15,16). The van der Waals surface area contributed by atoms with Gasteiger partial charge in [-0.3, -0.25) is 15.5 Å². The van der Waals surface area contributed by atoms with Gasteiger partial charge in [0.25, 0.3) is 15.7 Å². The Bertz CT molecular complexity index is 851. The highest BCUT2D eigenvalue weighted by molar-refractivity contribution is 7.89. The van der Waals surface area contributed by atoms with Crippen LogP contribution >= 0.6 is 11.6 Å². The highest BCUT2D eigenvalue weighted by Gasteiger charge is 2.20. The molecule has 0 aliphatic heterocycles. The number of aryl methyl sites for hydroxylation is 2. The zero-order valence-corrected chi connectivity index (χ0v) is 13.6. The van der Waals surface area contributed by atoms with Gasteiger partial charge in [0, 0.05) is 17.5 Å². The maximum atomic E-state index is 12.2. The number of anilines is 1. The number of hydrogen-bond acceptors (Lipinski definition) is 7. The van der Waals surface area contributed by atoms with E-state index in [0.717, 1.165) is 18.2 Å². The molecule has 0 aliphatic carbocycles. The second-order valence-electron chi connectivity index (χ2n) is 4.58. The minimum atomic E-state index is -4.06. The number of halogens is 1. The molecular formula is C12H12ClN5O4S. The van der Waals surface area contributed by atoms with Gasteiger partial charge in [0.2, 0.25) is 5.95 Å². The maximum Gasteiger partial charge on any atom is 0.289 e. The van der Waals surface area contributed by atoms with Crippen molar-refractivity contribution in [1.82, 2.24) is 14.8 Å². The molecule has 1 heterocycles. The summed E-state index contributed by atoms with van der Waals surface area (Å²) in [5.74, 6) is 0.0644. The number of benzene rings is 1. The molecule has 2 N–H and O–H groups in total. The van der Waals surface area contributed by atoms with Crippen LogP contribution < -0.4 is 10.3 Å². The van der Waals surface area contributed by atoms with Crippen LogP contribution in [0.3, 0.4) is 0 Å². The predicted molar refractivity (Wildman–Crippen MR) is 83.6 cm³/mol. The zero-order chi connectivity index (χ0) is 17.2. The van der Waals surface area contributed by atoms with E-state index in [1.807, 2.05) is 0 Å². The van der Waals surface area contributed by atoms with Crippen molar-refractivity contribution >= 4 is 33.3 Å². The Morgan fingerprint density at radius 1 is 1.17 bits per heavy atom. The molecule has 1 aromatic heterocycles. The number of nitro benzene ring substituents is 1.